The highest BCUT2D eigenvalue weighted by Crippen LogP contribution is 2.27. The zero-order valence-corrected chi connectivity index (χ0v) is 15.3. The van der Waals surface area contributed by atoms with E-state index in [1.165, 1.54) is 6.42 Å². The van der Waals surface area contributed by atoms with Crippen LogP contribution in [-0.2, 0) is 4.79 Å². The number of anilines is 1. The molecular weight excluding hydrogens is 346 g/mol. The maximum absolute atomic E-state index is 12.6. The van der Waals surface area contributed by atoms with Crippen LogP contribution in [0.2, 0.25) is 0 Å². The normalized spacial score (nSPS) is 15.8. The van der Waals surface area contributed by atoms with E-state index in [4.69, 9.17) is 9.62 Å². The number of amides is 2. The lowest BCUT2D eigenvalue weighted by molar-refractivity contribution is -0.124. The van der Waals surface area contributed by atoms with Gasteiger partial charge < -0.3 is 15.1 Å². The Bertz CT molecular complexity index is 779. The zero-order valence-electron chi connectivity index (χ0n) is 15.3. The third-order valence-corrected chi connectivity index (χ3v) is 5.07. The smallest absolute Gasteiger partial charge is 0.287 e. The average Bonchev–Trinajstić information content (AvgIpc) is 3.22. The van der Waals surface area contributed by atoms with Gasteiger partial charge in [-0.15, -0.1) is 0 Å². The van der Waals surface area contributed by atoms with Gasteiger partial charge in [0.25, 0.3) is 5.91 Å². The van der Waals surface area contributed by atoms with Gasteiger partial charge in [0.15, 0.2) is 5.76 Å². The Balaban J connectivity index is 1.72. The van der Waals surface area contributed by atoms with Gasteiger partial charge in [-0.25, -0.2) is 0 Å². The van der Waals surface area contributed by atoms with E-state index in [0.29, 0.717) is 11.4 Å². The molecule has 1 atom stereocenters. The first kappa shape index (κ1) is 19.0. The Morgan fingerprint density at radius 1 is 1.07 bits per heavy atom. The van der Waals surface area contributed by atoms with Gasteiger partial charge in [-0.1, -0.05) is 19.3 Å². The topological polar surface area (TPSA) is 104 Å². The minimum absolute atomic E-state index is 0.149. The molecule has 2 aromatic rings. The van der Waals surface area contributed by atoms with Crippen molar-refractivity contribution in [3.63, 3.8) is 0 Å². The number of furan rings is 1. The summed E-state index contributed by atoms with van der Waals surface area (Å²) in [6.45, 7) is 0. The second kappa shape index (κ2) is 8.73. The van der Waals surface area contributed by atoms with Gasteiger partial charge in [-0.05, 0) is 55.2 Å². The first-order valence-electron chi connectivity index (χ1n) is 9.25. The minimum atomic E-state index is -0.550. The standard InChI is InChI=1S/C20H25N3O4/c1-21-20(25)18(14-5-3-2-4-6-14)22-19(24)17-12-11-16(27-17)13-7-9-15(23-26)10-8-13/h7-12,14,18,23,26H,2-6H2,1H3,(H,21,25)(H,22,24). The van der Waals surface area contributed by atoms with Crippen LogP contribution in [0.5, 0.6) is 0 Å². The fraction of sp³-hybridized carbons (Fsp3) is 0.400. The molecule has 1 fully saturated rings. The Morgan fingerprint density at radius 3 is 2.41 bits per heavy atom. The van der Waals surface area contributed by atoms with Gasteiger partial charge in [-0.2, -0.15) is 0 Å². The zero-order chi connectivity index (χ0) is 19.2. The largest absolute Gasteiger partial charge is 0.451 e. The van der Waals surface area contributed by atoms with Crippen molar-refractivity contribution in [1.29, 1.82) is 0 Å². The monoisotopic (exact) mass is 371 g/mol. The van der Waals surface area contributed by atoms with Gasteiger partial charge >= 0.3 is 0 Å². The maximum atomic E-state index is 12.6. The molecule has 3 rings (SSSR count). The van der Waals surface area contributed by atoms with Crippen LogP contribution in [-0.4, -0.2) is 30.1 Å². The molecular formula is C20H25N3O4. The highest BCUT2D eigenvalue weighted by molar-refractivity contribution is 5.96. The van der Waals surface area contributed by atoms with E-state index in [1.54, 1.807) is 43.4 Å². The maximum Gasteiger partial charge on any atom is 0.287 e. The third kappa shape index (κ3) is 4.49. The van der Waals surface area contributed by atoms with E-state index in [9.17, 15) is 9.59 Å². The molecule has 0 bridgehead atoms. The molecule has 4 N–H and O–H groups in total. The number of carbonyl (C=O) groups is 2. The van der Waals surface area contributed by atoms with E-state index in [2.05, 4.69) is 16.1 Å². The number of hydrogen-bond acceptors (Lipinski definition) is 5. The number of hydrogen-bond donors (Lipinski definition) is 4. The lowest BCUT2D eigenvalue weighted by Gasteiger charge is -2.29. The first-order chi connectivity index (χ1) is 13.1. The number of likely N-dealkylation sites (N-methyl/N-ethyl adjacent to an activating group) is 1. The number of nitrogens with one attached hydrogen (secondary N) is 3. The molecule has 1 heterocycles. The first-order valence-corrected chi connectivity index (χ1v) is 9.25. The summed E-state index contributed by atoms with van der Waals surface area (Å²) in [4.78, 5) is 24.9. The van der Waals surface area contributed by atoms with E-state index < -0.39 is 11.9 Å². The van der Waals surface area contributed by atoms with Gasteiger partial charge in [0.05, 0.1) is 5.69 Å². The minimum Gasteiger partial charge on any atom is -0.451 e. The molecule has 7 nitrogen and oxygen atoms in total. The molecule has 0 saturated heterocycles. The van der Waals surface area contributed by atoms with Crippen LogP contribution in [0.15, 0.2) is 40.8 Å². The predicted octanol–water partition coefficient (Wildman–Crippen LogP) is 3.17. The number of carbonyl (C=O) groups excluding carboxylic acids is 2. The van der Waals surface area contributed by atoms with Crippen molar-refractivity contribution in [3.8, 4) is 11.3 Å². The predicted molar refractivity (Wildman–Crippen MR) is 101 cm³/mol. The SMILES string of the molecule is CNC(=O)C(NC(=O)c1ccc(-c2ccc(NO)cc2)o1)C1CCCCC1. The molecule has 1 saturated carbocycles. The van der Waals surface area contributed by atoms with Crippen molar-refractivity contribution < 1.29 is 19.2 Å². The third-order valence-electron chi connectivity index (χ3n) is 5.07. The molecule has 0 spiro atoms. The molecule has 0 radical (unpaired) electrons. The summed E-state index contributed by atoms with van der Waals surface area (Å²) in [6, 6.07) is 9.70. The van der Waals surface area contributed by atoms with Gasteiger partial charge in [0, 0.05) is 12.6 Å². The van der Waals surface area contributed by atoms with Crippen molar-refractivity contribution in [2.24, 2.45) is 5.92 Å². The van der Waals surface area contributed by atoms with Crippen LogP contribution in [0.4, 0.5) is 5.69 Å². The van der Waals surface area contributed by atoms with Crippen LogP contribution >= 0.6 is 0 Å². The number of rotatable bonds is 6. The van der Waals surface area contributed by atoms with E-state index in [-0.39, 0.29) is 17.6 Å². The quantitative estimate of drug-likeness (QED) is 0.584. The molecule has 27 heavy (non-hydrogen) atoms. The van der Waals surface area contributed by atoms with E-state index >= 15 is 0 Å². The highest BCUT2D eigenvalue weighted by Gasteiger charge is 2.31. The van der Waals surface area contributed by atoms with Crippen LogP contribution < -0.4 is 16.1 Å². The Kier molecular flexibility index (Phi) is 6.13. The van der Waals surface area contributed by atoms with Crippen LogP contribution in [0.1, 0.15) is 42.7 Å². The molecule has 1 unspecified atom stereocenters. The van der Waals surface area contributed by atoms with E-state index in [0.717, 1.165) is 31.2 Å². The summed E-state index contributed by atoms with van der Waals surface area (Å²) < 4.78 is 5.68. The summed E-state index contributed by atoms with van der Waals surface area (Å²) in [7, 11) is 1.58. The van der Waals surface area contributed by atoms with Crippen molar-refractivity contribution in [2.45, 2.75) is 38.1 Å². The van der Waals surface area contributed by atoms with Crippen LogP contribution in [0.25, 0.3) is 11.3 Å². The highest BCUT2D eigenvalue weighted by atomic mass is 16.5. The second-order valence-electron chi connectivity index (χ2n) is 6.82. The average molecular weight is 371 g/mol. The van der Waals surface area contributed by atoms with Crippen molar-refractivity contribution >= 4 is 17.5 Å². The van der Waals surface area contributed by atoms with Crippen molar-refractivity contribution in [2.75, 3.05) is 12.5 Å². The fourth-order valence-electron chi connectivity index (χ4n) is 3.56. The molecule has 1 aromatic heterocycles. The Labute approximate surface area is 158 Å². The Morgan fingerprint density at radius 2 is 1.78 bits per heavy atom. The van der Waals surface area contributed by atoms with Crippen molar-refractivity contribution in [3.05, 3.63) is 42.2 Å². The summed E-state index contributed by atoms with van der Waals surface area (Å²) in [5.41, 5.74) is 3.41. The molecule has 0 aliphatic heterocycles. The molecule has 1 aromatic carbocycles. The summed E-state index contributed by atoms with van der Waals surface area (Å²) in [5, 5.41) is 14.4. The molecule has 144 valence electrons. The van der Waals surface area contributed by atoms with Crippen molar-refractivity contribution in [1.82, 2.24) is 10.6 Å². The van der Waals surface area contributed by atoms with Crippen LogP contribution in [0.3, 0.4) is 0 Å². The lowest BCUT2D eigenvalue weighted by Crippen LogP contribution is -2.50. The Hall–Kier alpha value is -2.80. The number of benzene rings is 1. The summed E-state index contributed by atoms with van der Waals surface area (Å²) >= 11 is 0. The molecule has 7 heteroatoms. The second-order valence-corrected chi connectivity index (χ2v) is 6.82. The van der Waals surface area contributed by atoms with Gasteiger partial charge in [-0.3, -0.25) is 20.3 Å². The summed E-state index contributed by atoms with van der Waals surface area (Å²) in [6.07, 6.45) is 5.21. The van der Waals surface area contributed by atoms with E-state index in [1.807, 2.05) is 0 Å². The van der Waals surface area contributed by atoms with Crippen LogP contribution in [0, 0.1) is 5.92 Å². The van der Waals surface area contributed by atoms with Gasteiger partial charge in [0.1, 0.15) is 11.8 Å². The fourth-order valence-corrected chi connectivity index (χ4v) is 3.56. The van der Waals surface area contributed by atoms with Gasteiger partial charge in [0.2, 0.25) is 5.91 Å². The molecule has 1 aliphatic carbocycles. The summed E-state index contributed by atoms with van der Waals surface area (Å²) in [5.74, 6) is 0.289. The molecule has 1 aliphatic rings. The molecule has 2 amide bonds. The lowest BCUT2D eigenvalue weighted by atomic mass is 9.83.